The van der Waals surface area contributed by atoms with Crippen LogP contribution in [0, 0.1) is 0 Å². The van der Waals surface area contributed by atoms with E-state index in [9.17, 15) is 9.59 Å². The Morgan fingerprint density at radius 1 is 1.64 bits per heavy atom. The smallest absolute Gasteiger partial charge is 0.266 e. The fourth-order valence-electron chi connectivity index (χ4n) is 0.659. The zero-order valence-corrected chi connectivity index (χ0v) is 6.61. The summed E-state index contributed by atoms with van der Waals surface area (Å²) < 4.78 is 0. The summed E-state index contributed by atoms with van der Waals surface area (Å²) in [5.74, 6) is -0.122. The molecule has 1 aromatic heterocycles. The lowest BCUT2D eigenvalue weighted by atomic mass is 10.2. The van der Waals surface area contributed by atoms with Gasteiger partial charge in [0.05, 0.1) is 0 Å². The van der Waals surface area contributed by atoms with E-state index >= 15 is 0 Å². The van der Waals surface area contributed by atoms with E-state index in [0.29, 0.717) is 5.56 Å². The number of hydrogen-bond donors (Lipinski definition) is 1. The van der Waals surface area contributed by atoms with E-state index in [4.69, 9.17) is 11.6 Å². The molecule has 11 heavy (non-hydrogen) atoms. The number of aromatic amines is 1. The third-order valence-electron chi connectivity index (χ3n) is 1.26. The van der Waals surface area contributed by atoms with Crippen molar-refractivity contribution in [3.63, 3.8) is 0 Å². The van der Waals surface area contributed by atoms with Gasteiger partial charge in [0.25, 0.3) is 5.56 Å². The molecule has 1 heterocycles. The molecule has 0 fully saturated rings. The van der Waals surface area contributed by atoms with Crippen LogP contribution in [-0.2, 0) is 0 Å². The summed E-state index contributed by atoms with van der Waals surface area (Å²) in [4.78, 5) is 23.8. The number of carbonyl (C=O) groups excluding carboxylic acids is 1. The number of rotatable bonds is 1. The molecular weight excluding hydrogens is 166 g/mol. The summed E-state index contributed by atoms with van der Waals surface area (Å²) in [6.45, 7) is 1.41. The zero-order valence-electron chi connectivity index (χ0n) is 5.85. The van der Waals surface area contributed by atoms with Gasteiger partial charge in [-0.15, -0.1) is 0 Å². The van der Waals surface area contributed by atoms with Crippen LogP contribution in [0.4, 0.5) is 0 Å². The van der Waals surface area contributed by atoms with Crippen LogP contribution in [0.1, 0.15) is 17.3 Å². The predicted octanol–water partition coefficient (Wildman–Crippen LogP) is 1.23. The van der Waals surface area contributed by atoms with E-state index in [2.05, 4.69) is 4.98 Å². The number of Topliss-reactive ketones (excluding diaryl/α,β-unsaturated/α-hetero) is 1. The first-order chi connectivity index (χ1) is 5.11. The molecule has 0 saturated carbocycles. The van der Waals surface area contributed by atoms with Crippen molar-refractivity contribution < 1.29 is 4.79 Å². The second-order valence-electron chi connectivity index (χ2n) is 2.12. The van der Waals surface area contributed by atoms with Crippen molar-refractivity contribution >= 4 is 17.4 Å². The number of pyridine rings is 1. The number of halogens is 1. The van der Waals surface area contributed by atoms with Crippen LogP contribution < -0.4 is 5.56 Å². The Balaban J connectivity index is 3.26. The zero-order chi connectivity index (χ0) is 8.43. The van der Waals surface area contributed by atoms with Gasteiger partial charge in [-0.2, -0.15) is 0 Å². The van der Waals surface area contributed by atoms with Gasteiger partial charge < -0.3 is 4.98 Å². The maximum atomic E-state index is 10.7. The van der Waals surface area contributed by atoms with Crippen molar-refractivity contribution in [3.05, 3.63) is 33.2 Å². The molecule has 0 amide bonds. The first kappa shape index (κ1) is 8.01. The number of hydrogen-bond acceptors (Lipinski definition) is 2. The number of ketones is 1. The molecule has 1 aromatic rings. The normalized spacial score (nSPS) is 9.64. The van der Waals surface area contributed by atoms with Gasteiger partial charge in [-0.3, -0.25) is 9.59 Å². The Morgan fingerprint density at radius 2 is 2.27 bits per heavy atom. The van der Waals surface area contributed by atoms with E-state index in [0.717, 1.165) is 0 Å². The highest BCUT2D eigenvalue weighted by atomic mass is 35.5. The molecule has 1 rings (SSSR count). The van der Waals surface area contributed by atoms with Crippen molar-refractivity contribution in [1.29, 1.82) is 0 Å². The van der Waals surface area contributed by atoms with Crippen LogP contribution >= 0.6 is 11.6 Å². The van der Waals surface area contributed by atoms with Crippen molar-refractivity contribution in [3.8, 4) is 0 Å². The van der Waals surface area contributed by atoms with Gasteiger partial charge in [-0.1, -0.05) is 11.6 Å². The molecule has 0 spiro atoms. The van der Waals surface area contributed by atoms with Crippen molar-refractivity contribution in [2.24, 2.45) is 0 Å². The maximum Gasteiger partial charge on any atom is 0.266 e. The molecule has 1 N–H and O–H groups in total. The molecule has 0 aliphatic rings. The second kappa shape index (κ2) is 2.88. The maximum absolute atomic E-state index is 10.7. The molecule has 0 aromatic carbocycles. The van der Waals surface area contributed by atoms with Crippen LogP contribution in [0.15, 0.2) is 17.1 Å². The fraction of sp³-hybridized carbons (Fsp3) is 0.143. The highest BCUT2D eigenvalue weighted by molar-refractivity contribution is 6.30. The minimum absolute atomic E-state index is 0.0395. The van der Waals surface area contributed by atoms with Gasteiger partial charge in [0.15, 0.2) is 5.78 Å². The van der Waals surface area contributed by atoms with Gasteiger partial charge in [0, 0.05) is 11.8 Å². The molecule has 0 radical (unpaired) electrons. The van der Waals surface area contributed by atoms with E-state index in [1.807, 2.05) is 0 Å². The first-order valence-corrected chi connectivity index (χ1v) is 3.38. The Hall–Kier alpha value is -1.09. The van der Waals surface area contributed by atoms with E-state index in [-0.39, 0.29) is 16.4 Å². The summed E-state index contributed by atoms with van der Waals surface area (Å²) in [5, 5.41) is 0.0395. The minimum Gasteiger partial charge on any atom is -0.327 e. The highest BCUT2D eigenvalue weighted by Gasteiger charge is 2.01. The predicted molar refractivity (Wildman–Crippen MR) is 42.1 cm³/mol. The number of H-pyrrole nitrogens is 1. The molecule has 0 atom stereocenters. The molecule has 0 aliphatic heterocycles. The average molecular weight is 172 g/mol. The third-order valence-corrected chi connectivity index (χ3v) is 1.55. The summed E-state index contributed by atoms with van der Waals surface area (Å²) in [6, 6.07) is 1.35. The Kier molecular flexibility index (Phi) is 2.10. The van der Waals surface area contributed by atoms with Crippen LogP contribution in [0.25, 0.3) is 0 Å². The fourth-order valence-corrected chi connectivity index (χ4v) is 0.831. The largest absolute Gasteiger partial charge is 0.327 e. The van der Waals surface area contributed by atoms with Gasteiger partial charge >= 0.3 is 0 Å². The lowest BCUT2D eigenvalue weighted by Gasteiger charge is -1.93. The lowest BCUT2D eigenvalue weighted by molar-refractivity contribution is 0.101. The summed E-state index contributed by atoms with van der Waals surface area (Å²) in [5.41, 5.74) is 0.0336. The highest BCUT2D eigenvalue weighted by Crippen LogP contribution is 2.03. The quantitative estimate of drug-likeness (QED) is 0.647. The van der Waals surface area contributed by atoms with E-state index in [1.54, 1.807) is 0 Å². The number of nitrogens with one attached hydrogen (secondary N) is 1. The summed E-state index contributed by atoms with van der Waals surface area (Å²) in [6.07, 6.45) is 1.34. The van der Waals surface area contributed by atoms with Gasteiger partial charge in [-0.25, -0.2) is 0 Å². The van der Waals surface area contributed by atoms with Crippen LogP contribution in [0.5, 0.6) is 0 Å². The van der Waals surface area contributed by atoms with Crippen molar-refractivity contribution in [2.45, 2.75) is 6.92 Å². The van der Waals surface area contributed by atoms with Crippen LogP contribution in [-0.4, -0.2) is 10.8 Å². The Labute approximate surface area is 68.0 Å². The van der Waals surface area contributed by atoms with E-state index in [1.165, 1.54) is 19.2 Å². The molecule has 0 bridgehead atoms. The molecular formula is C7H6ClNO2. The van der Waals surface area contributed by atoms with Crippen LogP contribution in [0.2, 0.25) is 5.02 Å². The topological polar surface area (TPSA) is 49.9 Å². The molecule has 4 heteroatoms. The minimum atomic E-state index is -0.378. The Morgan fingerprint density at radius 3 is 2.73 bits per heavy atom. The SMILES string of the molecule is CC(=O)c1c[nH]c(=O)c(Cl)c1. The molecule has 0 unspecified atom stereocenters. The second-order valence-corrected chi connectivity index (χ2v) is 2.53. The summed E-state index contributed by atoms with van der Waals surface area (Å²) >= 11 is 5.46. The molecule has 3 nitrogen and oxygen atoms in total. The number of aromatic nitrogens is 1. The average Bonchev–Trinajstić information content (AvgIpc) is 1.94. The lowest BCUT2D eigenvalue weighted by Crippen LogP contribution is -2.07. The van der Waals surface area contributed by atoms with Crippen LogP contribution in [0.3, 0.4) is 0 Å². The Bertz CT molecular complexity index is 343. The van der Waals surface area contributed by atoms with Gasteiger partial charge in [-0.05, 0) is 13.0 Å². The van der Waals surface area contributed by atoms with Gasteiger partial charge in [0.1, 0.15) is 5.02 Å². The standard InChI is InChI=1S/C7H6ClNO2/c1-4(10)5-2-6(8)7(11)9-3-5/h2-3H,1H3,(H,9,11). The summed E-state index contributed by atoms with van der Waals surface area (Å²) in [7, 11) is 0. The van der Waals surface area contributed by atoms with Gasteiger partial charge in [0.2, 0.25) is 0 Å². The van der Waals surface area contributed by atoms with Crippen molar-refractivity contribution in [2.75, 3.05) is 0 Å². The van der Waals surface area contributed by atoms with Crippen molar-refractivity contribution in [1.82, 2.24) is 4.98 Å². The first-order valence-electron chi connectivity index (χ1n) is 3.00. The molecule has 0 aliphatic carbocycles. The number of carbonyl (C=O) groups is 1. The van der Waals surface area contributed by atoms with E-state index < -0.39 is 0 Å². The monoisotopic (exact) mass is 171 g/mol. The third kappa shape index (κ3) is 1.68. The molecule has 0 saturated heterocycles. The molecule has 58 valence electrons.